The van der Waals surface area contributed by atoms with Gasteiger partial charge in [-0.05, 0) is 63.3 Å². The van der Waals surface area contributed by atoms with Crippen molar-refractivity contribution >= 4 is 17.9 Å². The number of nitrogens with one attached hydrogen (secondary N) is 1. The lowest BCUT2D eigenvalue weighted by atomic mass is 9.92. The molecule has 0 unspecified atom stereocenters. The first-order chi connectivity index (χ1) is 15.2. The van der Waals surface area contributed by atoms with Crippen LogP contribution in [-0.2, 0) is 14.3 Å². The van der Waals surface area contributed by atoms with Crippen molar-refractivity contribution in [1.82, 2.24) is 15.1 Å². The van der Waals surface area contributed by atoms with E-state index in [4.69, 9.17) is 4.74 Å². The number of hydrogen-bond acceptors (Lipinski definition) is 4. The van der Waals surface area contributed by atoms with Gasteiger partial charge >= 0.3 is 0 Å². The third-order valence-electron chi connectivity index (χ3n) is 6.94. The molecule has 3 heterocycles. The van der Waals surface area contributed by atoms with Crippen LogP contribution in [0.3, 0.4) is 0 Å². The Balaban J connectivity index is 1.16. The van der Waals surface area contributed by atoms with Crippen molar-refractivity contribution in [2.75, 3.05) is 39.3 Å². The van der Waals surface area contributed by atoms with Crippen LogP contribution in [0, 0.1) is 5.92 Å². The van der Waals surface area contributed by atoms with Crippen molar-refractivity contribution < 1.29 is 14.3 Å². The Kier molecular flexibility index (Phi) is 7.76. The van der Waals surface area contributed by atoms with Gasteiger partial charge in [-0.25, -0.2) is 0 Å². The Hall–Kier alpha value is -2.18. The standard InChI is InChI=1S/C25H35N3O3/c29-24(9-8-20-5-2-1-3-6-20)28-16-12-22(13-17-28)27-14-10-21(11-15-27)25(30)26-19-23-7-4-18-31-23/h1-3,5-6,8-9,21-23H,4,7,10-19H2,(H,26,30)/b9-8+/t23-/m0/s1. The molecule has 3 fully saturated rings. The average molecular weight is 426 g/mol. The molecule has 1 atom stereocenters. The van der Waals surface area contributed by atoms with Gasteiger partial charge in [0, 0.05) is 44.3 Å². The number of piperidine rings is 2. The molecule has 1 aromatic rings. The predicted molar refractivity (Wildman–Crippen MR) is 121 cm³/mol. The van der Waals surface area contributed by atoms with E-state index in [2.05, 4.69) is 10.2 Å². The molecule has 0 bridgehead atoms. The maximum absolute atomic E-state index is 12.5. The highest BCUT2D eigenvalue weighted by Crippen LogP contribution is 2.24. The SMILES string of the molecule is O=C(NC[C@@H]1CCCO1)C1CCN(C2CCN(C(=O)/C=C/c3ccccc3)CC2)CC1. The Morgan fingerprint density at radius 3 is 2.42 bits per heavy atom. The second-order valence-electron chi connectivity index (χ2n) is 8.99. The highest BCUT2D eigenvalue weighted by molar-refractivity contribution is 5.91. The molecule has 3 aliphatic heterocycles. The topological polar surface area (TPSA) is 61.9 Å². The molecule has 3 saturated heterocycles. The molecular weight excluding hydrogens is 390 g/mol. The highest BCUT2D eigenvalue weighted by atomic mass is 16.5. The van der Waals surface area contributed by atoms with Crippen LogP contribution in [0.1, 0.15) is 44.1 Å². The zero-order valence-corrected chi connectivity index (χ0v) is 18.4. The predicted octanol–water partition coefficient (Wildman–Crippen LogP) is 2.70. The first-order valence-corrected chi connectivity index (χ1v) is 11.8. The number of ether oxygens (including phenoxy) is 1. The van der Waals surface area contributed by atoms with Gasteiger partial charge in [0.05, 0.1) is 6.10 Å². The molecule has 0 aliphatic carbocycles. The average Bonchev–Trinajstić information content (AvgIpc) is 3.36. The zero-order valence-electron chi connectivity index (χ0n) is 18.4. The maximum atomic E-state index is 12.5. The van der Waals surface area contributed by atoms with Crippen LogP contribution in [0.2, 0.25) is 0 Å². The largest absolute Gasteiger partial charge is 0.376 e. The van der Waals surface area contributed by atoms with E-state index in [0.29, 0.717) is 12.6 Å². The van der Waals surface area contributed by atoms with E-state index < -0.39 is 0 Å². The number of carbonyl (C=O) groups excluding carboxylic acids is 2. The van der Waals surface area contributed by atoms with Crippen molar-refractivity contribution in [1.29, 1.82) is 0 Å². The fraction of sp³-hybridized carbons (Fsp3) is 0.600. The van der Waals surface area contributed by atoms with Crippen molar-refractivity contribution in [2.45, 2.75) is 50.7 Å². The van der Waals surface area contributed by atoms with Crippen LogP contribution in [0.4, 0.5) is 0 Å². The van der Waals surface area contributed by atoms with E-state index in [1.165, 1.54) is 0 Å². The molecule has 168 valence electrons. The van der Waals surface area contributed by atoms with Crippen molar-refractivity contribution in [3.63, 3.8) is 0 Å². The Morgan fingerprint density at radius 2 is 1.74 bits per heavy atom. The number of amides is 2. The summed E-state index contributed by atoms with van der Waals surface area (Å²) in [5.74, 6) is 0.423. The van der Waals surface area contributed by atoms with Crippen LogP contribution in [0.5, 0.6) is 0 Å². The highest BCUT2D eigenvalue weighted by Gasteiger charge is 2.31. The zero-order chi connectivity index (χ0) is 21.5. The molecule has 0 aromatic heterocycles. The van der Waals surface area contributed by atoms with Crippen LogP contribution in [0.15, 0.2) is 36.4 Å². The Labute approximate surface area is 185 Å². The summed E-state index contributed by atoms with van der Waals surface area (Å²) in [4.78, 5) is 29.5. The molecule has 0 saturated carbocycles. The fourth-order valence-electron chi connectivity index (χ4n) is 4.98. The van der Waals surface area contributed by atoms with Crippen LogP contribution in [0.25, 0.3) is 6.08 Å². The molecule has 0 radical (unpaired) electrons. The van der Waals surface area contributed by atoms with Crippen molar-refractivity contribution in [3.05, 3.63) is 42.0 Å². The van der Waals surface area contributed by atoms with Crippen LogP contribution >= 0.6 is 0 Å². The normalized spacial score (nSPS) is 24.0. The summed E-state index contributed by atoms with van der Waals surface area (Å²) in [6.07, 6.45) is 9.84. The number of rotatable bonds is 6. The van der Waals surface area contributed by atoms with E-state index in [9.17, 15) is 9.59 Å². The maximum Gasteiger partial charge on any atom is 0.246 e. The number of benzene rings is 1. The molecule has 3 aliphatic rings. The molecule has 4 rings (SSSR count). The summed E-state index contributed by atoms with van der Waals surface area (Å²) in [6.45, 7) is 5.06. The quantitative estimate of drug-likeness (QED) is 0.712. The van der Waals surface area contributed by atoms with E-state index in [1.54, 1.807) is 6.08 Å². The van der Waals surface area contributed by atoms with Gasteiger partial charge in [0.25, 0.3) is 0 Å². The molecule has 1 N–H and O–H groups in total. The first kappa shape index (κ1) is 22.0. The van der Waals surface area contributed by atoms with Crippen LogP contribution < -0.4 is 5.32 Å². The molecule has 6 heteroatoms. The minimum absolute atomic E-state index is 0.101. The van der Waals surface area contributed by atoms with Gasteiger partial charge in [0.2, 0.25) is 11.8 Å². The molecule has 0 spiro atoms. The second kappa shape index (κ2) is 10.9. The van der Waals surface area contributed by atoms with Gasteiger partial charge in [0.1, 0.15) is 0 Å². The van der Waals surface area contributed by atoms with Gasteiger partial charge in [-0.3, -0.25) is 9.59 Å². The van der Waals surface area contributed by atoms with Gasteiger partial charge in [-0.1, -0.05) is 30.3 Å². The number of hydrogen-bond donors (Lipinski definition) is 1. The van der Waals surface area contributed by atoms with Crippen molar-refractivity contribution in [2.24, 2.45) is 5.92 Å². The summed E-state index contributed by atoms with van der Waals surface area (Å²) in [7, 11) is 0. The third kappa shape index (κ3) is 6.17. The first-order valence-electron chi connectivity index (χ1n) is 11.8. The summed E-state index contributed by atoms with van der Waals surface area (Å²) < 4.78 is 5.60. The van der Waals surface area contributed by atoms with E-state index in [-0.39, 0.29) is 23.8 Å². The lowest BCUT2D eigenvalue weighted by Gasteiger charge is -2.41. The Morgan fingerprint density at radius 1 is 1.00 bits per heavy atom. The molecule has 2 amide bonds. The summed E-state index contributed by atoms with van der Waals surface area (Å²) in [5.41, 5.74) is 1.05. The van der Waals surface area contributed by atoms with E-state index in [0.717, 1.165) is 76.9 Å². The third-order valence-corrected chi connectivity index (χ3v) is 6.94. The lowest BCUT2D eigenvalue weighted by molar-refractivity contribution is -0.129. The van der Waals surface area contributed by atoms with Gasteiger partial charge < -0.3 is 19.9 Å². The van der Waals surface area contributed by atoms with E-state index in [1.807, 2.05) is 41.3 Å². The molecule has 6 nitrogen and oxygen atoms in total. The summed E-state index contributed by atoms with van der Waals surface area (Å²) in [6, 6.07) is 10.5. The number of carbonyl (C=O) groups is 2. The van der Waals surface area contributed by atoms with Crippen molar-refractivity contribution in [3.8, 4) is 0 Å². The molecular formula is C25H35N3O3. The fourth-order valence-corrected chi connectivity index (χ4v) is 4.98. The smallest absolute Gasteiger partial charge is 0.246 e. The number of nitrogens with zero attached hydrogens (tertiary/aromatic N) is 2. The summed E-state index contributed by atoms with van der Waals surface area (Å²) >= 11 is 0. The monoisotopic (exact) mass is 425 g/mol. The van der Waals surface area contributed by atoms with Gasteiger partial charge in [0.15, 0.2) is 0 Å². The minimum Gasteiger partial charge on any atom is -0.376 e. The van der Waals surface area contributed by atoms with E-state index >= 15 is 0 Å². The second-order valence-corrected chi connectivity index (χ2v) is 8.99. The Bertz CT molecular complexity index is 745. The number of likely N-dealkylation sites (tertiary alicyclic amines) is 2. The van der Waals surface area contributed by atoms with Crippen LogP contribution in [-0.4, -0.2) is 73.1 Å². The summed E-state index contributed by atoms with van der Waals surface area (Å²) in [5, 5.41) is 3.10. The van der Waals surface area contributed by atoms with Gasteiger partial charge in [-0.2, -0.15) is 0 Å². The molecule has 1 aromatic carbocycles. The lowest BCUT2D eigenvalue weighted by Crippen LogP contribution is -2.50. The van der Waals surface area contributed by atoms with Gasteiger partial charge in [-0.15, -0.1) is 0 Å². The molecule has 31 heavy (non-hydrogen) atoms. The minimum atomic E-state index is 0.101.